The van der Waals surface area contributed by atoms with Crippen molar-refractivity contribution in [1.82, 2.24) is 14.8 Å². The van der Waals surface area contributed by atoms with Gasteiger partial charge in [-0.25, -0.2) is 4.39 Å². The maximum Gasteiger partial charge on any atom is 0.196 e. The van der Waals surface area contributed by atoms with E-state index in [1.165, 1.54) is 23.9 Å². The van der Waals surface area contributed by atoms with E-state index in [1.54, 1.807) is 12.1 Å². The number of aromatic nitrogens is 3. The molecule has 4 aromatic rings. The minimum Gasteiger partial charge on any atom is -0.486 e. The van der Waals surface area contributed by atoms with Gasteiger partial charge in [-0.3, -0.25) is 4.57 Å². The molecule has 3 aromatic carbocycles. The number of fused-ring (bicyclic) bond motifs is 2. The Morgan fingerprint density at radius 3 is 2.47 bits per heavy atom. The van der Waals surface area contributed by atoms with Crippen LogP contribution >= 0.6 is 11.8 Å². The third-order valence-corrected chi connectivity index (χ3v) is 6.52. The predicted molar refractivity (Wildman–Crippen MR) is 124 cm³/mol. The van der Waals surface area contributed by atoms with E-state index in [0.29, 0.717) is 59.6 Å². The van der Waals surface area contributed by atoms with Crippen molar-refractivity contribution in [2.45, 2.75) is 17.0 Å². The summed E-state index contributed by atoms with van der Waals surface area (Å²) in [5.74, 6) is 3.71. The van der Waals surface area contributed by atoms with Gasteiger partial charge in [0.2, 0.25) is 0 Å². The molecule has 1 atom stereocenters. The lowest BCUT2D eigenvalue weighted by Crippen LogP contribution is -2.24. The topological polar surface area (TPSA) is 67.6 Å². The Hall–Kier alpha value is -3.72. The highest BCUT2D eigenvalue weighted by Gasteiger charge is 2.29. The van der Waals surface area contributed by atoms with Crippen LogP contribution < -0.4 is 18.9 Å². The number of hydrogen-bond donors (Lipinski definition) is 0. The van der Waals surface area contributed by atoms with Gasteiger partial charge >= 0.3 is 0 Å². The molecule has 172 valence electrons. The third-order valence-electron chi connectivity index (χ3n) is 5.52. The highest BCUT2D eigenvalue weighted by molar-refractivity contribution is 7.98. The van der Waals surface area contributed by atoms with Crippen molar-refractivity contribution >= 4 is 11.8 Å². The number of halogens is 1. The van der Waals surface area contributed by atoms with Gasteiger partial charge in [-0.15, -0.1) is 10.2 Å². The SMILES string of the molecule is Fc1ccc(CSc2nnc([C@@H]3COc4ccccc4O3)n2-c2ccc3c(c2)OCCO3)cc1. The lowest BCUT2D eigenvalue weighted by Gasteiger charge is -2.26. The maximum atomic E-state index is 13.3. The first kappa shape index (κ1) is 20.9. The zero-order valence-corrected chi connectivity index (χ0v) is 18.8. The van der Waals surface area contributed by atoms with E-state index in [4.69, 9.17) is 18.9 Å². The molecule has 0 saturated carbocycles. The summed E-state index contributed by atoms with van der Waals surface area (Å²) in [4.78, 5) is 0. The van der Waals surface area contributed by atoms with E-state index in [1.807, 2.05) is 47.0 Å². The second kappa shape index (κ2) is 8.90. The predicted octanol–water partition coefficient (Wildman–Crippen LogP) is 4.98. The molecule has 0 aliphatic carbocycles. The summed E-state index contributed by atoms with van der Waals surface area (Å²) in [7, 11) is 0. The van der Waals surface area contributed by atoms with Crippen LogP contribution in [-0.4, -0.2) is 34.6 Å². The molecule has 9 heteroatoms. The summed E-state index contributed by atoms with van der Waals surface area (Å²) in [5.41, 5.74) is 1.81. The molecular weight excluding hydrogens is 457 g/mol. The Bertz CT molecular complexity index is 1330. The van der Waals surface area contributed by atoms with Crippen molar-refractivity contribution in [2.75, 3.05) is 19.8 Å². The Kier molecular flexibility index (Phi) is 5.46. The Labute approximate surface area is 199 Å². The Morgan fingerprint density at radius 1 is 0.853 bits per heavy atom. The van der Waals surface area contributed by atoms with Crippen LogP contribution in [0.3, 0.4) is 0 Å². The van der Waals surface area contributed by atoms with Gasteiger partial charge in [0.1, 0.15) is 25.6 Å². The molecule has 7 nitrogen and oxygen atoms in total. The molecule has 3 heterocycles. The van der Waals surface area contributed by atoms with Gasteiger partial charge < -0.3 is 18.9 Å². The first-order valence-corrected chi connectivity index (χ1v) is 11.8. The van der Waals surface area contributed by atoms with Crippen molar-refractivity contribution in [3.05, 3.63) is 83.9 Å². The summed E-state index contributed by atoms with van der Waals surface area (Å²) in [6.07, 6.45) is -0.448. The first-order valence-electron chi connectivity index (χ1n) is 10.9. The molecule has 0 amide bonds. The lowest BCUT2D eigenvalue weighted by atomic mass is 10.2. The summed E-state index contributed by atoms with van der Waals surface area (Å²) in [6.45, 7) is 1.33. The Balaban J connectivity index is 1.36. The normalized spacial score (nSPS) is 16.3. The van der Waals surface area contributed by atoms with E-state index in [-0.39, 0.29) is 5.82 Å². The second-order valence-electron chi connectivity index (χ2n) is 7.78. The second-order valence-corrected chi connectivity index (χ2v) is 8.73. The molecule has 0 bridgehead atoms. The lowest BCUT2D eigenvalue weighted by molar-refractivity contribution is 0.0835. The molecule has 2 aliphatic rings. The molecule has 0 saturated heterocycles. The first-order chi connectivity index (χ1) is 16.7. The maximum absolute atomic E-state index is 13.3. The highest BCUT2D eigenvalue weighted by Crippen LogP contribution is 2.39. The highest BCUT2D eigenvalue weighted by atomic mass is 32.2. The number of nitrogens with zero attached hydrogens (tertiary/aromatic N) is 3. The molecule has 2 aliphatic heterocycles. The van der Waals surface area contributed by atoms with Gasteiger partial charge in [0.15, 0.2) is 40.1 Å². The van der Waals surface area contributed by atoms with Gasteiger partial charge in [-0.2, -0.15) is 0 Å². The van der Waals surface area contributed by atoms with Crippen LogP contribution in [0.4, 0.5) is 4.39 Å². The molecule has 1 aromatic heterocycles. The fraction of sp³-hybridized carbons (Fsp3) is 0.200. The van der Waals surface area contributed by atoms with Gasteiger partial charge in [-0.05, 0) is 42.0 Å². The van der Waals surface area contributed by atoms with E-state index in [0.717, 1.165) is 11.3 Å². The molecule has 0 fully saturated rings. The number of hydrogen-bond acceptors (Lipinski definition) is 7. The van der Waals surface area contributed by atoms with E-state index in [9.17, 15) is 4.39 Å². The van der Waals surface area contributed by atoms with Crippen LogP contribution in [-0.2, 0) is 5.75 Å². The third kappa shape index (κ3) is 4.03. The zero-order valence-electron chi connectivity index (χ0n) is 18.0. The van der Waals surface area contributed by atoms with E-state index >= 15 is 0 Å². The summed E-state index contributed by atoms with van der Waals surface area (Å²) < 4.78 is 38.9. The number of para-hydroxylation sites is 2. The van der Waals surface area contributed by atoms with Crippen LogP contribution in [0.2, 0.25) is 0 Å². The molecule has 34 heavy (non-hydrogen) atoms. The minimum absolute atomic E-state index is 0.259. The van der Waals surface area contributed by atoms with Gasteiger partial charge in [0.25, 0.3) is 0 Å². The number of benzene rings is 3. The quantitative estimate of drug-likeness (QED) is 0.376. The minimum atomic E-state index is -0.448. The standard InChI is InChI=1S/C25H20FN3O4S/c26-17-7-5-16(6-8-17)15-34-25-28-27-24(23-14-32-19-3-1-2-4-21(19)33-23)29(25)18-9-10-20-22(13-18)31-12-11-30-20/h1-10,13,23H,11-12,14-15H2/t23-/m0/s1. The van der Waals surface area contributed by atoms with Gasteiger partial charge in [0, 0.05) is 11.8 Å². The molecule has 0 unspecified atom stereocenters. The summed E-state index contributed by atoms with van der Waals surface area (Å²) in [5, 5.41) is 9.62. The van der Waals surface area contributed by atoms with Crippen molar-refractivity contribution in [1.29, 1.82) is 0 Å². The Morgan fingerprint density at radius 2 is 1.62 bits per heavy atom. The molecule has 0 N–H and O–H groups in total. The number of rotatable bonds is 5. The average Bonchev–Trinajstić information content (AvgIpc) is 3.32. The average molecular weight is 478 g/mol. The molecule has 6 rings (SSSR count). The van der Waals surface area contributed by atoms with Crippen LogP contribution in [0.15, 0.2) is 71.9 Å². The van der Waals surface area contributed by atoms with Crippen LogP contribution in [0, 0.1) is 5.82 Å². The van der Waals surface area contributed by atoms with Crippen LogP contribution in [0.1, 0.15) is 17.5 Å². The number of ether oxygens (including phenoxy) is 4. The van der Waals surface area contributed by atoms with Crippen molar-refractivity contribution in [2.24, 2.45) is 0 Å². The van der Waals surface area contributed by atoms with E-state index in [2.05, 4.69) is 10.2 Å². The summed E-state index contributed by atoms with van der Waals surface area (Å²) >= 11 is 1.51. The molecule has 0 spiro atoms. The van der Waals surface area contributed by atoms with E-state index < -0.39 is 6.10 Å². The van der Waals surface area contributed by atoms with Crippen molar-refractivity contribution in [3.63, 3.8) is 0 Å². The van der Waals surface area contributed by atoms with Crippen LogP contribution in [0.25, 0.3) is 5.69 Å². The monoisotopic (exact) mass is 477 g/mol. The van der Waals surface area contributed by atoms with Crippen molar-refractivity contribution < 1.29 is 23.3 Å². The smallest absolute Gasteiger partial charge is 0.196 e. The molecular formula is C25H20FN3O4S. The summed E-state index contributed by atoms with van der Waals surface area (Å²) in [6, 6.07) is 19.7. The van der Waals surface area contributed by atoms with Crippen molar-refractivity contribution in [3.8, 4) is 28.7 Å². The zero-order chi connectivity index (χ0) is 22.9. The molecule has 0 radical (unpaired) electrons. The van der Waals surface area contributed by atoms with Crippen LogP contribution in [0.5, 0.6) is 23.0 Å². The fourth-order valence-electron chi connectivity index (χ4n) is 3.87. The van der Waals surface area contributed by atoms with Gasteiger partial charge in [-0.1, -0.05) is 36.0 Å². The largest absolute Gasteiger partial charge is 0.486 e. The fourth-order valence-corrected chi connectivity index (χ4v) is 4.79. The number of thioether (sulfide) groups is 1. The van der Waals surface area contributed by atoms with Gasteiger partial charge in [0.05, 0.1) is 5.69 Å².